The Hall–Kier alpha value is -0.750. The second-order valence-corrected chi connectivity index (χ2v) is 5.19. The molecule has 108 valence electrons. The van der Waals surface area contributed by atoms with E-state index in [1.165, 1.54) is 6.07 Å². The van der Waals surface area contributed by atoms with Crippen molar-refractivity contribution in [2.75, 3.05) is 31.6 Å². The molecule has 0 aromatic heterocycles. The lowest BCUT2D eigenvalue weighted by Crippen LogP contribution is -2.29. The van der Waals surface area contributed by atoms with Gasteiger partial charge >= 0.3 is 6.18 Å². The SMILES string of the molecule is CCCNCCN(C)c1ccc(C(F)(F)F)cc1Br. The molecule has 6 heteroatoms. The predicted octanol–water partition coefficient (Wildman–Crippen LogP) is 3.90. The van der Waals surface area contributed by atoms with Crippen LogP contribution in [-0.2, 0) is 6.18 Å². The largest absolute Gasteiger partial charge is 0.416 e. The molecule has 0 unspecified atom stereocenters. The van der Waals surface area contributed by atoms with Crippen LogP contribution in [0.3, 0.4) is 0 Å². The Balaban J connectivity index is 2.68. The van der Waals surface area contributed by atoms with Crippen LogP contribution in [0.1, 0.15) is 18.9 Å². The summed E-state index contributed by atoms with van der Waals surface area (Å²) in [6.07, 6.45) is -3.24. The van der Waals surface area contributed by atoms with Crippen LogP contribution in [-0.4, -0.2) is 26.7 Å². The second-order valence-electron chi connectivity index (χ2n) is 4.34. The van der Waals surface area contributed by atoms with E-state index >= 15 is 0 Å². The Morgan fingerprint density at radius 1 is 1.26 bits per heavy atom. The molecule has 0 fully saturated rings. The van der Waals surface area contributed by atoms with Gasteiger partial charge in [0.15, 0.2) is 0 Å². The summed E-state index contributed by atoms with van der Waals surface area (Å²) < 4.78 is 38.1. The highest BCUT2D eigenvalue weighted by atomic mass is 79.9. The minimum atomic E-state index is -4.30. The molecule has 0 aliphatic carbocycles. The van der Waals surface area contributed by atoms with Crippen LogP contribution in [0, 0.1) is 0 Å². The summed E-state index contributed by atoms with van der Waals surface area (Å²) in [6.45, 7) is 4.58. The molecule has 19 heavy (non-hydrogen) atoms. The number of nitrogens with zero attached hydrogens (tertiary/aromatic N) is 1. The predicted molar refractivity (Wildman–Crippen MR) is 75.6 cm³/mol. The van der Waals surface area contributed by atoms with Gasteiger partial charge in [0.25, 0.3) is 0 Å². The van der Waals surface area contributed by atoms with Crippen molar-refractivity contribution in [3.63, 3.8) is 0 Å². The van der Waals surface area contributed by atoms with E-state index in [4.69, 9.17) is 0 Å². The topological polar surface area (TPSA) is 15.3 Å². The van der Waals surface area contributed by atoms with E-state index in [9.17, 15) is 13.2 Å². The molecular weight excluding hydrogens is 321 g/mol. The van der Waals surface area contributed by atoms with E-state index in [0.717, 1.165) is 43.9 Å². The van der Waals surface area contributed by atoms with Crippen LogP contribution in [0.25, 0.3) is 0 Å². The van der Waals surface area contributed by atoms with Crippen molar-refractivity contribution in [1.29, 1.82) is 0 Å². The van der Waals surface area contributed by atoms with Gasteiger partial charge in [-0.25, -0.2) is 0 Å². The van der Waals surface area contributed by atoms with Gasteiger partial charge in [-0.2, -0.15) is 13.2 Å². The third-order valence-electron chi connectivity index (χ3n) is 2.74. The lowest BCUT2D eigenvalue weighted by Gasteiger charge is -2.21. The molecule has 0 radical (unpaired) electrons. The van der Waals surface area contributed by atoms with Crippen LogP contribution in [0.5, 0.6) is 0 Å². The normalized spacial score (nSPS) is 11.7. The number of alkyl halides is 3. The molecule has 0 amide bonds. The smallest absolute Gasteiger partial charge is 0.372 e. The fraction of sp³-hybridized carbons (Fsp3) is 0.538. The Morgan fingerprint density at radius 3 is 2.47 bits per heavy atom. The van der Waals surface area contributed by atoms with E-state index in [1.807, 2.05) is 11.9 Å². The standard InChI is InChI=1S/C13H18BrF3N2/c1-3-6-18-7-8-19(2)12-5-4-10(9-11(12)14)13(15,16)17/h4-5,9,18H,3,6-8H2,1-2H3. The fourth-order valence-electron chi connectivity index (χ4n) is 1.66. The number of hydrogen-bond donors (Lipinski definition) is 1. The van der Waals surface area contributed by atoms with Gasteiger partial charge in [-0.15, -0.1) is 0 Å². The highest BCUT2D eigenvalue weighted by Crippen LogP contribution is 2.34. The summed E-state index contributed by atoms with van der Waals surface area (Å²) in [6, 6.07) is 3.72. The summed E-state index contributed by atoms with van der Waals surface area (Å²) in [5.41, 5.74) is 0.118. The van der Waals surface area contributed by atoms with Crippen LogP contribution in [0.15, 0.2) is 22.7 Å². The zero-order valence-corrected chi connectivity index (χ0v) is 12.6. The van der Waals surface area contributed by atoms with Gasteiger partial charge in [0, 0.05) is 24.6 Å². The molecule has 1 aromatic rings. The molecule has 0 saturated carbocycles. The molecule has 1 aromatic carbocycles. The van der Waals surface area contributed by atoms with E-state index < -0.39 is 11.7 Å². The Labute approximate surface area is 120 Å². The van der Waals surface area contributed by atoms with Gasteiger partial charge in [-0.3, -0.25) is 0 Å². The molecule has 1 rings (SSSR count). The first kappa shape index (κ1) is 16.3. The first-order chi connectivity index (χ1) is 8.86. The van der Waals surface area contributed by atoms with Crippen molar-refractivity contribution < 1.29 is 13.2 Å². The molecule has 0 aliphatic heterocycles. The summed E-state index contributed by atoms with van der Waals surface area (Å²) in [5, 5.41) is 3.25. The Kier molecular flexibility index (Phi) is 6.13. The summed E-state index contributed by atoms with van der Waals surface area (Å²) in [4.78, 5) is 1.92. The Morgan fingerprint density at radius 2 is 1.95 bits per heavy atom. The number of anilines is 1. The lowest BCUT2D eigenvalue weighted by molar-refractivity contribution is -0.137. The number of benzene rings is 1. The van der Waals surface area contributed by atoms with Gasteiger partial charge in [0.2, 0.25) is 0 Å². The molecule has 0 heterocycles. The third kappa shape index (κ3) is 5.03. The number of likely N-dealkylation sites (N-methyl/N-ethyl adjacent to an activating group) is 1. The zero-order chi connectivity index (χ0) is 14.5. The fourth-order valence-corrected chi connectivity index (χ4v) is 2.34. The van der Waals surface area contributed by atoms with E-state index in [-0.39, 0.29) is 0 Å². The monoisotopic (exact) mass is 338 g/mol. The average molecular weight is 339 g/mol. The molecule has 0 atom stereocenters. The second kappa shape index (κ2) is 7.14. The van der Waals surface area contributed by atoms with E-state index in [2.05, 4.69) is 28.2 Å². The van der Waals surface area contributed by atoms with Crippen LogP contribution in [0.2, 0.25) is 0 Å². The number of halogens is 4. The Bertz CT molecular complexity index is 407. The maximum atomic E-state index is 12.5. The molecule has 2 nitrogen and oxygen atoms in total. The molecular formula is C13H18BrF3N2. The first-order valence-corrected chi connectivity index (χ1v) is 6.94. The van der Waals surface area contributed by atoms with Crippen molar-refractivity contribution in [2.24, 2.45) is 0 Å². The van der Waals surface area contributed by atoms with Gasteiger partial charge < -0.3 is 10.2 Å². The quantitative estimate of drug-likeness (QED) is 0.791. The van der Waals surface area contributed by atoms with Crippen LogP contribution >= 0.6 is 15.9 Å². The van der Waals surface area contributed by atoms with Crippen molar-refractivity contribution in [1.82, 2.24) is 5.32 Å². The highest BCUT2D eigenvalue weighted by molar-refractivity contribution is 9.10. The van der Waals surface area contributed by atoms with E-state index in [1.54, 1.807) is 0 Å². The lowest BCUT2D eigenvalue weighted by atomic mass is 10.2. The molecule has 0 aliphatic rings. The maximum Gasteiger partial charge on any atom is 0.416 e. The van der Waals surface area contributed by atoms with Gasteiger partial charge in [-0.05, 0) is 47.1 Å². The average Bonchev–Trinajstić information content (AvgIpc) is 2.33. The molecule has 0 saturated heterocycles. The minimum Gasteiger partial charge on any atom is -0.372 e. The number of rotatable bonds is 6. The molecule has 0 spiro atoms. The van der Waals surface area contributed by atoms with Crippen LogP contribution in [0.4, 0.5) is 18.9 Å². The van der Waals surface area contributed by atoms with Crippen LogP contribution < -0.4 is 10.2 Å². The van der Waals surface area contributed by atoms with Crippen molar-refractivity contribution in [3.8, 4) is 0 Å². The van der Waals surface area contributed by atoms with Crippen molar-refractivity contribution in [3.05, 3.63) is 28.2 Å². The van der Waals surface area contributed by atoms with Gasteiger partial charge in [0.05, 0.1) is 11.3 Å². The van der Waals surface area contributed by atoms with E-state index in [0.29, 0.717) is 4.47 Å². The van der Waals surface area contributed by atoms with Gasteiger partial charge in [-0.1, -0.05) is 6.92 Å². The highest BCUT2D eigenvalue weighted by Gasteiger charge is 2.30. The zero-order valence-electron chi connectivity index (χ0n) is 11.0. The van der Waals surface area contributed by atoms with Crippen molar-refractivity contribution in [2.45, 2.75) is 19.5 Å². The molecule has 0 bridgehead atoms. The number of nitrogens with one attached hydrogen (secondary N) is 1. The third-order valence-corrected chi connectivity index (χ3v) is 3.37. The summed E-state index contributed by atoms with van der Waals surface area (Å²) >= 11 is 3.20. The van der Waals surface area contributed by atoms with Gasteiger partial charge in [0.1, 0.15) is 0 Å². The first-order valence-electron chi connectivity index (χ1n) is 6.15. The molecule has 1 N–H and O–H groups in total. The maximum absolute atomic E-state index is 12.5. The summed E-state index contributed by atoms with van der Waals surface area (Å²) in [5.74, 6) is 0. The minimum absolute atomic E-state index is 0.459. The van der Waals surface area contributed by atoms with Crippen molar-refractivity contribution >= 4 is 21.6 Å². The summed E-state index contributed by atoms with van der Waals surface area (Å²) in [7, 11) is 1.86. The number of hydrogen-bond acceptors (Lipinski definition) is 2.